The van der Waals surface area contributed by atoms with E-state index in [1.807, 2.05) is 25.1 Å². The summed E-state index contributed by atoms with van der Waals surface area (Å²) < 4.78 is 5.59. The highest BCUT2D eigenvalue weighted by Gasteiger charge is 2.23. The Hall–Kier alpha value is -3.03. The Bertz CT molecular complexity index is 1130. The number of nitrogens with zero attached hydrogens (tertiary/aromatic N) is 4. The summed E-state index contributed by atoms with van der Waals surface area (Å²) >= 11 is 12.0. The zero-order chi connectivity index (χ0) is 23.4. The lowest BCUT2D eigenvalue weighted by atomic mass is 10.2. The molecule has 7 nitrogen and oxygen atoms in total. The number of aryl methyl sites for hydroxylation is 2. The molecule has 1 aliphatic rings. The van der Waals surface area contributed by atoms with E-state index in [4.69, 9.17) is 27.9 Å². The van der Waals surface area contributed by atoms with Gasteiger partial charge in [-0.1, -0.05) is 40.9 Å². The third kappa shape index (κ3) is 6.06. The van der Waals surface area contributed by atoms with Crippen LogP contribution in [0.1, 0.15) is 11.4 Å². The number of halogens is 2. The summed E-state index contributed by atoms with van der Waals surface area (Å²) in [4.78, 5) is 25.7. The molecule has 0 spiro atoms. The molecule has 0 bridgehead atoms. The molecule has 1 amide bonds. The van der Waals surface area contributed by atoms with Gasteiger partial charge in [0.05, 0.1) is 5.02 Å². The van der Waals surface area contributed by atoms with Crippen LogP contribution in [-0.2, 0) is 4.79 Å². The van der Waals surface area contributed by atoms with Crippen molar-refractivity contribution >= 4 is 46.4 Å². The van der Waals surface area contributed by atoms with Crippen molar-refractivity contribution in [3.05, 3.63) is 70.0 Å². The van der Waals surface area contributed by atoms with Crippen LogP contribution in [0.2, 0.25) is 10.0 Å². The van der Waals surface area contributed by atoms with Gasteiger partial charge in [0, 0.05) is 43.0 Å². The number of rotatable bonds is 6. The Morgan fingerprint density at radius 3 is 2.42 bits per heavy atom. The van der Waals surface area contributed by atoms with E-state index in [-0.39, 0.29) is 12.5 Å². The number of ether oxygens (including phenoxy) is 1. The van der Waals surface area contributed by atoms with E-state index in [9.17, 15) is 4.79 Å². The number of nitrogens with one attached hydrogen (secondary N) is 1. The molecule has 1 aliphatic heterocycles. The normalized spacial score (nSPS) is 13.7. The lowest BCUT2D eigenvalue weighted by Gasteiger charge is -2.35. The zero-order valence-electron chi connectivity index (χ0n) is 18.5. The molecule has 9 heteroatoms. The lowest BCUT2D eigenvalue weighted by Crippen LogP contribution is -2.50. The van der Waals surface area contributed by atoms with Crippen LogP contribution in [0.3, 0.4) is 0 Å². The molecule has 2 heterocycles. The minimum Gasteiger partial charge on any atom is -0.482 e. The van der Waals surface area contributed by atoms with E-state index in [1.54, 1.807) is 23.1 Å². The summed E-state index contributed by atoms with van der Waals surface area (Å²) in [5.74, 6) is 2.63. The van der Waals surface area contributed by atoms with Gasteiger partial charge in [-0.05, 0) is 44.2 Å². The standard InChI is InChI=1S/C24H25Cl2N5O2/c1-16-3-6-19(7-4-16)29-22-14-23(28-17(2)27-22)30-9-11-31(12-10-30)24(32)15-33-21-8-5-18(25)13-20(21)26/h3-8,13-14H,9-12,15H2,1-2H3,(H,27,28,29). The minimum absolute atomic E-state index is 0.0708. The first-order valence-corrected chi connectivity index (χ1v) is 11.4. The number of carbonyl (C=O) groups excluding carboxylic acids is 1. The van der Waals surface area contributed by atoms with Crippen LogP contribution in [0, 0.1) is 13.8 Å². The molecule has 3 aromatic rings. The maximum atomic E-state index is 12.6. The highest BCUT2D eigenvalue weighted by atomic mass is 35.5. The molecule has 0 atom stereocenters. The number of anilines is 3. The van der Waals surface area contributed by atoms with Gasteiger partial charge in [0.2, 0.25) is 0 Å². The average molecular weight is 486 g/mol. The van der Waals surface area contributed by atoms with Crippen molar-refractivity contribution in [2.24, 2.45) is 0 Å². The summed E-state index contributed by atoms with van der Waals surface area (Å²) in [6.45, 7) is 6.38. The van der Waals surface area contributed by atoms with Crippen molar-refractivity contribution in [3.63, 3.8) is 0 Å². The van der Waals surface area contributed by atoms with Crippen molar-refractivity contribution in [1.29, 1.82) is 0 Å². The maximum Gasteiger partial charge on any atom is 0.260 e. The SMILES string of the molecule is Cc1ccc(Nc2cc(N3CCN(C(=O)COc4ccc(Cl)cc4Cl)CC3)nc(C)n2)cc1. The van der Waals surface area contributed by atoms with Gasteiger partial charge in [-0.3, -0.25) is 4.79 Å². The van der Waals surface area contributed by atoms with Crippen molar-refractivity contribution in [2.45, 2.75) is 13.8 Å². The molecule has 0 aliphatic carbocycles. The van der Waals surface area contributed by atoms with E-state index >= 15 is 0 Å². The van der Waals surface area contributed by atoms with Crippen LogP contribution in [-0.4, -0.2) is 53.6 Å². The van der Waals surface area contributed by atoms with E-state index < -0.39 is 0 Å². The minimum atomic E-state index is -0.0822. The molecule has 0 saturated carbocycles. The maximum absolute atomic E-state index is 12.6. The first-order valence-electron chi connectivity index (χ1n) is 10.7. The lowest BCUT2D eigenvalue weighted by molar-refractivity contribution is -0.133. The molecule has 1 fully saturated rings. The van der Waals surface area contributed by atoms with Gasteiger partial charge in [-0.2, -0.15) is 0 Å². The third-order valence-corrected chi connectivity index (χ3v) is 5.88. The number of aromatic nitrogens is 2. The molecule has 33 heavy (non-hydrogen) atoms. The Kier molecular flexibility index (Phi) is 7.20. The average Bonchev–Trinajstić information content (AvgIpc) is 2.79. The monoisotopic (exact) mass is 485 g/mol. The van der Waals surface area contributed by atoms with Crippen LogP contribution in [0.15, 0.2) is 48.5 Å². The summed E-state index contributed by atoms with van der Waals surface area (Å²) in [5, 5.41) is 4.24. The first-order chi connectivity index (χ1) is 15.9. The van der Waals surface area contributed by atoms with E-state index in [0.29, 0.717) is 47.8 Å². The van der Waals surface area contributed by atoms with Gasteiger partial charge in [-0.25, -0.2) is 9.97 Å². The molecular weight excluding hydrogens is 461 g/mol. The highest BCUT2D eigenvalue weighted by Crippen LogP contribution is 2.27. The van der Waals surface area contributed by atoms with Gasteiger partial charge >= 0.3 is 0 Å². The van der Waals surface area contributed by atoms with Gasteiger partial charge in [0.15, 0.2) is 6.61 Å². The van der Waals surface area contributed by atoms with Crippen LogP contribution in [0.5, 0.6) is 5.75 Å². The smallest absolute Gasteiger partial charge is 0.260 e. The second-order valence-electron chi connectivity index (χ2n) is 7.88. The molecule has 1 saturated heterocycles. The molecule has 0 unspecified atom stereocenters. The number of hydrogen-bond donors (Lipinski definition) is 1. The van der Waals surface area contributed by atoms with Gasteiger partial charge in [0.25, 0.3) is 5.91 Å². The molecular formula is C24H25Cl2N5O2. The van der Waals surface area contributed by atoms with E-state index in [0.717, 1.165) is 17.3 Å². The van der Waals surface area contributed by atoms with Gasteiger partial charge < -0.3 is 19.9 Å². The summed E-state index contributed by atoms with van der Waals surface area (Å²) in [6, 6.07) is 15.0. The Morgan fingerprint density at radius 2 is 1.73 bits per heavy atom. The molecule has 1 aromatic heterocycles. The molecule has 2 aromatic carbocycles. The first kappa shape index (κ1) is 23.1. The highest BCUT2D eigenvalue weighted by molar-refractivity contribution is 6.35. The summed E-state index contributed by atoms with van der Waals surface area (Å²) in [5.41, 5.74) is 2.18. The van der Waals surface area contributed by atoms with Crippen LogP contribution >= 0.6 is 23.2 Å². The quantitative estimate of drug-likeness (QED) is 0.536. The number of hydrogen-bond acceptors (Lipinski definition) is 6. The largest absolute Gasteiger partial charge is 0.482 e. The van der Waals surface area contributed by atoms with Crippen molar-refractivity contribution in [2.75, 3.05) is 43.0 Å². The van der Waals surface area contributed by atoms with Crippen LogP contribution in [0.25, 0.3) is 0 Å². The number of benzene rings is 2. The molecule has 172 valence electrons. The second kappa shape index (κ2) is 10.3. The number of amides is 1. The van der Waals surface area contributed by atoms with Crippen molar-refractivity contribution in [3.8, 4) is 5.75 Å². The zero-order valence-corrected chi connectivity index (χ0v) is 20.0. The predicted molar refractivity (Wildman–Crippen MR) is 132 cm³/mol. The molecule has 1 N–H and O–H groups in total. The summed E-state index contributed by atoms with van der Waals surface area (Å²) in [7, 11) is 0. The second-order valence-corrected chi connectivity index (χ2v) is 8.72. The fourth-order valence-electron chi connectivity index (χ4n) is 3.57. The van der Waals surface area contributed by atoms with Crippen molar-refractivity contribution in [1.82, 2.24) is 14.9 Å². The van der Waals surface area contributed by atoms with Crippen molar-refractivity contribution < 1.29 is 9.53 Å². The predicted octanol–water partition coefficient (Wildman–Crippen LogP) is 4.87. The molecule has 0 radical (unpaired) electrons. The van der Waals surface area contributed by atoms with Crippen LogP contribution in [0.4, 0.5) is 17.3 Å². The number of piperazine rings is 1. The fraction of sp³-hybridized carbons (Fsp3) is 0.292. The Labute approximate surface area is 203 Å². The third-order valence-electron chi connectivity index (χ3n) is 5.35. The Balaban J connectivity index is 1.33. The fourth-order valence-corrected chi connectivity index (χ4v) is 4.03. The van der Waals surface area contributed by atoms with Gasteiger partial charge in [-0.15, -0.1) is 0 Å². The Morgan fingerprint density at radius 1 is 1.00 bits per heavy atom. The van der Waals surface area contributed by atoms with E-state index in [1.165, 1.54) is 5.56 Å². The van der Waals surface area contributed by atoms with E-state index in [2.05, 4.69) is 39.2 Å². The molecule has 4 rings (SSSR count). The topological polar surface area (TPSA) is 70.6 Å². The van der Waals surface area contributed by atoms with Gasteiger partial charge in [0.1, 0.15) is 23.2 Å². The van der Waals surface area contributed by atoms with Crippen LogP contribution < -0.4 is 15.0 Å². The summed E-state index contributed by atoms with van der Waals surface area (Å²) in [6.07, 6.45) is 0. The number of carbonyl (C=O) groups is 1.